The summed E-state index contributed by atoms with van der Waals surface area (Å²) < 4.78 is 0. The first-order valence-corrected chi connectivity index (χ1v) is 8.67. The van der Waals surface area contributed by atoms with Crippen LogP contribution in [0.1, 0.15) is 52.8 Å². The zero-order chi connectivity index (χ0) is 17.4. The minimum absolute atomic E-state index is 0.0749. The lowest BCUT2D eigenvalue weighted by atomic mass is 9.94. The molecule has 1 aliphatic heterocycles. The number of hydrogen-bond donors (Lipinski definition) is 2. The first-order chi connectivity index (χ1) is 12.1. The van der Waals surface area contributed by atoms with Crippen LogP contribution < -0.4 is 5.73 Å². The van der Waals surface area contributed by atoms with Crippen LogP contribution in [0.15, 0.2) is 30.6 Å². The minimum atomic E-state index is -0.538. The summed E-state index contributed by atoms with van der Waals surface area (Å²) in [5, 5.41) is 6.85. The number of carbonyl (C=O) groups excluding carboxylic acids is 2. The molecule has 0 radical (unpaired) electrons. The molecule has 3 heterocycles. The molecule has 7 heteroatoms. The molecular weight excluding hydrogens is 318 g/mol. The van der Waals surface area contributed by atoms with E-state index in [0.717, 1.165) is 37.1 Å². The van der Waals surface area contributed by atoms with E-state index in [1.807, 2.05) is 23.2 Å². The van der Waals surface area contributed by atoms with Crippen molar-refractivity contribution >= 4 is 11.8 Å². The van der Waals surface area contributed by atoms with Crippen LogP contribution in [0.5, 0.6) is 0 Å². The van der Waals surface area contributed by atoms with Crippen LogP contribution >= 0.6 is 0 Å². The summed E-state index contributed by atoms with van der Waals surface area (Å²) >= 11 is 0. The van der Waals surface area contributed by atoms with Crippen LogP contribution in [0.4, 0.5) is 0 Å². The average Bonchev–Trinajstić information content (AvgIpc) is 3.29. The Morgan fingerprint density at radius 1 is 1.36 bits per heavy atom. The number of H-pyrrole nitrogens is 1. The number of nitrogens with two attached hydrogens (primary N) is 1. The number of amides is 2. The quantitative estimate of drug-likeness (QED) is 0.878. The average molecular weight is 339 g/mol. The van der Waals surface area contributed by atoms with Gasteiger partial charge >= 0.3 is 0 Å². The lowest BCUT2D eigenvalue weighted by Gasteiger charge is -2.32. The van der Waals surface area contributed by atoms with Gasteiger partial charge in [0.25, 0.3) is 5.91 Å². The second-order valence-corrected chi connectivity index (χ2v) is 6.93. The second kappa shape index (κ2) is 6.31. The molecule has 1 saturated heterocycles. The Labute approximate surface area is 145 Å². The van der Waals surface area contributed by atoms with Crippen LogP contribution in [0.3, 0.4) is 0 Å². The van der Waals surface area contributed by atoms with Gasteiger partial charge in [0.15, 0.2) is 0 Å². The second-order valence-electron chi connectivity index (χ2n) is 6.93. The molecule has 0 bridgehead atoms. The SMILES string of the molecule is NC(=O)c1cc([C@@H]2CCCN(C(=O)[C@H]3C[C@@H]3c3cccnc3)C2)[nH]n1. The number of rotatable bonds is 4. The van der Waals surface area contributed by atoms with E-state index in [1.165, 1.54) is 0 Å². The van der Waals surface area contributed by atoms with Crippen LogP contribution in [0.25, 0.3) is 0 Å². The van der Waals surface area contributed by atoms with Crippen molar-refractivity contribution in [3.05, 3.63) is 47.5 Å². The van der Waals surface area contributed by atoms with Gasteiger partial charge in [-0.2, -0.15) is 5.10 Å². The molecule has 2 aromatic rings. The minimum Gasteiger partial charge on any atom is -0.364 e. The van der Waals surface area contributed by atoms with E-state index < -0.39 is 5.91 Å². The summed E-state index contributed by atoms with van der Waals surface area (Å²) in [7, 11) is 0. The summed E-state index contributed by atoms with van der Waals surface area (Å²) in [5.41, 5.74) is 7.53. The maximum absolute atomic E-state index is 12.8. The van der Waals surface area contributed by atoms with Crippen molar-refractivity contribution in [2.75, 3.05) is 13.1 Å². The van der Waals surface area contributed by atoms with Crippen molar-refractivity contribution in [1.29, 1.82) is 0 Å². The molecule has 3 atom stereocenters. The molecular formula is C18H21N5O2. The standard InChI is InChI=1S/C18H21N5O2/c19-17(24)16-8-15(21-22-16)12-4-2-6-23(10-12)18(25)14-7-13(14)11-3-1-5-20-9-11/h1,3,5,8-9,12-14H,2,4,6-7,10H2,(H2,19,24)(H,21,22)/t12-,13-,14+/m1/s1. The molecule has 0 unspecified atom stereocenters. The first kappa shape index (κ1) is 15.8. The number of aromatic amines is 1. The number of pyridine rings is 1. The summed E-state index contributed by atoms with van der Waals surface area (Å²) in [6.07, 6.45) is 6.43. The van der Waals surface area contributed by atoms with Crippen molar-refractivity contribution in [3.63, 3.8) is 0 Å². The third-order valence-corrected chi connectivity index (χ3v) is 5.24. The number of piperidine rings is 1. The molecule has 130 valence electrons. The predicted octanol–water partition coefficient (Wildman–Crippen LogP) is 1.41. The topological polar surface area (TPSA) is 105 Å². The fourth-order valence-electron chi connectivity index (χ4n) is 3.77. The Morgan fingerprint density at radius 3 is 2.96 bits per heavy atom. The Balaban J connectivity index is 1.41. The Kier molecular flexibility index (Phi) is 3.99. The van der Waals surface area contributed by atoms with Crippen molar-refractivity contribution in [2.45, 2.75) is 31.1 Å². The van der Waals surface area contributed by atoms with Crippen LogP contribution in [0.2, 0.25) is 0 Å². The van der Waals surface area contributed by atoms with Gasteiger partial charge in [-0.05, 0) is 42.9 Å². The molecule has 3 N–H and O–H groups in total. The highest BCUT2D eigenvalue weighted by Crippen LogP contribution is 2.48. The summed E-state index contributed by atoms with van der Waals surface area (Å²) in [5.74, 6) is 0.242. The lowest BCUT2D eigenvalue weighted by Crippen LogP contribution is -2.40. The molecule has 2 fully saturated rings. The number of hydrogen-bond acceptors (Lipinski definition) is 4. The monoisotopic (exact) mass is 339 g/mol. The van der Waals surface area contributed by atoms with E-state index in [4.69, 9.17) is 5.73 Å². The highest BCUT2D eigenvalue weighted by Gasteiger charge is 2.46. The molecule has 4 rings (SSSR count). The van der Waals surface area contributed by atoms with Gasteiger partial charge in [0.05, 0.1) is 0 Å². The van der Waals surface area contributed by atoms with Crippen molar-refractivity contribution in [2.24, 2.45) is 11.7 Å². The van der Waals surface area contributed by atoms with E-state index >= 15 is 0 Å². The number of primary amides is 1. The van der Waals surface area contributed by atoms with Crippen LogP contribution in [-0.2, 0) is 4.79 Å². The number of nitrogens with one attached hydrogen (secondary N) is 1. The third kappa shape index (κ3) is 3.14. The summed E-state index contributed by atoms with van der Waals surface area (Å²) in [4.78, 5) is 30.2. The van der Waals surface area contributed by atoms with E-state index in [0.29, 0.717) is 12.5 Å². The smallest absolute Gasteiger partial charge is 0.269 e. The zero-order valence-corrected chi connectivity index (χ0v) is 13.9. The normalized spacial score (nSPS) is 25.6. The highest BCUT2D eigenvalue weighted by atomic mass is 16.2. The molecule has 1 saturated carbocycles. The molecule has 2 aromatic heterocycles. The predicted molar refractivity (Wildman–Crippen MR) is 90.7 cm³/mol. The number of likely N-dealkylation sites (tertiary alicyclic amines) is 1. The third-order valence-electron chi connectivity index (χ3n) is 5.24. The largest absolute Gasteiger partial charge is 0.364 e. The molecule has 25 heavy (non-hydrogen) atoms. The summed E-state index contributed by atoms with van der Waals surface area (Å²) in [6.45, 7) is 1.46. The van der Waals surface area contributed by atoms with E-state index in [1.54, 1.807) is 12.3 Å². The maximum Gasteiger partial charge on any atom is 0.269 e. The fourth-order valence-corrected chi connectivity index (χ4v) is 3.77. The van der Waals surface area contributed by atoms with E-state index in [2.05, 4.69) is 15.2 Å². The molecule has 0 aromatic carbocycles. The van der Waals surface area contributed by atoms with Crippen molar-refractivity contribution in [1.82, 2.24) is 20.1 Å². The molecule has 0 spiro atoms. The highest BCUT2D eigenvalue weighted by molar-refractivity contribution is 5.90. The van der Waals surface area contributed by atoms with Gasteiger partial charge in [0, 0.05) is 43.0 Å². The van der Waals surface area contributed by atoms with Gasteiger partial charge in [0.1, 0.15) is 5.69 Å². The van der Waals surface area contributed by atoms with Crippen LogP contribution in [0, 0.1) is 5.92 Å². The molecule has 7 nitrogen and oxygen atoms in total. The molecule has 1 aliphatic carbocycles. The molecule has 2 amide bonds. The maximum atomic E-state index is 12.8. The van der Waals surface area contributed by atoms with Gasteiger partial charge in [-0.25, -0.2) is 0 Å². The van der Waals surface area contributed by atoms with Gasteiger partial charge in [-0.15, -0.1) is 0 Å². The first-order valence-electron chi connectivity index (χ1n) is 8.67. The number of carbonyl (C=O) groups is 2. The Morgan fingerprint density at radius 2 is 2.24 bits per heavy atom. The zero-order valence-electron chi connectivity index (χ0n) is 13.9. The van der Waals surface area contributed by atoms with Crippen molar-refractivity contribution < 1.29 is 9.59 Å². The van der Waals surface area contributed by atoms with Crippen molar-refractivity contribution in [3.8, 4) is 0 Å². The number of nitrogens with zero attached hydrogens (tertiary/aromatic N) is 3. The van der Waals surface area contributed by atoms with Crippen LogP contribution in [-0.4, -0.2) is 45.0 Å². The molecule has 2 aliphatic rings. The number of aromatic nitrogens is 3. The Bertz CT molecular complexity index is 788. The fraction of sp³-hybridized carbons (Fsp3) is 0.444. The van der Waals surface area contributed by atoms with Gasteiger partial charge < -0.3 is 10.6 Å². The van der Waals surface area contributed by atoms with E-state index in [-0.39, 0.29) is 23.4 Å². The summed E-state index contributed by atoms with van der Waals surface area (Å²) in [6, 6.07) is 5.66. The van der Waals surface area contributed by atoms with E-state index in [9.17, 15) is 9.59 Å². The lowest BCUT2D eigenvalue weighted by molar-refractivity contribution is -0.133. The van der Waals surface area contributed by atoms with Gasteiger partial charge in [-0.3, -0.25) is 19.7 Å². The Hall–Kier alpha value is -2.70. The van der Waals surface area contributed by atoms with Gasteiger partial charge in [-0.1, -0.05) is 6.07 Å². The van der Waals surface area contributed by atoms with Gasteiger partial charge in [0.2, 0.25) is 5.91 Å².